The topological polar surface area (TPSA) is 34.9 Å². The van der Waals surface area contributed by atoms with Crippen LogP contribution in [0.1, 0.15) is 17.3 Å². The summed E-state index contributed by atoms with van der Waals surface area (Å²) in [6, 6.07) is 15.5. The van der Waals surface area contributed by atoms with E-state index in [2.05, 4.69) is 38.5 Å². The van der Waals surface area contributed by atoms with Crippen molar-refractivity contribution < 1.29 is 4.79 Å². The van der Waals surface area contributed by atoms with Gasteiger partial charge in [0.15, 0.2) is 10.9 Å². The predicted octanol–water partition coefficient (Wildman–Crippen LogP) is 4.79. The fourth-order valence-electron chi connectivity index (χ4n) is 2.34. The Bertz CT molecular complexity index is 828. The lowest BCUT2D eigenvalue weighted by Gasteiger charge is -2.05. The molecular weight excluding hydrogens is 360 g/mol. The van der Waals surface area contributed by atoms with Crippen molar-refractivity contribution in [1.82, 2.24) is 9.55 Å². The molecule has 3 aromatic rings. The van der Waals surface area contributed by atoms with Crippen LogP contribution in [-0.2, 0) is 6.54 Å². The Balaban J connectivity index is 1.80. The number of ketones is 1. The van der Waals surface area contributed by atoms with Gasteiger partial charge in [-0.05, 0) is 31.2 Å². The summed E-state index contributed by atoms with van der Waals surface area (Å²) in [5.41, 5.74) is 2.81. The fraction of sp³-hybridized carbons (Fsp3) is 0.176. The van der Waals surface area contributed by atoms with Gasteiger partial charge < -0.3 is 4.57 Å². The van der Waals surface area contributed by atoms with Crippen molar-refractivity contribution >= 4 is 44.5 Å². The average molecular weight is 375 g/mol. The zero-order valence-corrected chi connectivity index (χ0v) is 14.5. The lowest BCUT2D eigenvalue weighted by atomic mass is 10.2. The molecule has 0 fully saturated rings. The molecule has 0 aliphatic heterocycles. The van der Waals surface area contributed by atoms with Crippen LogP contribution in [0.2, 0.25) is 0 Å². The van der Waals surface area contributed by atoms with Crippen molar-refractivity contribution in [1.29, 1.82) is 0 Å². The maximum atomic E-state index is 12.3. The maximum Gasteiger partial charge on any atom is 0.173 e. The largest absolute Gasteiger partial charge is 0.319 e. The van der Waals surface area contributed by atoms with Crippen molar-refractivity contribution in [2.45, 2.75) is 18.6 Å². The number of benzene rings is 2. The summed E-state index contributed by atoms with van der Waals surface area (Å²) in [7, 11) is 0. The number of hydrogen-bond acceptors (Lipinski definition) is 3. The minimum absolute atomic E-state index is 0.112. The number of aromatic nitrogens is 2. The number of carbonyl (C=O) groups is 1. The van der Waals surface area contributed by atoms with E-state index in [1.54, 1.807) is 0 Å². The first-order valence-corrected chi connectivity index (χ1v) is 8.83. The molecule has 3 rings (SSSR count). The van der Waals surface area contributed by atoms with E-state index in [1.807, 2.05) is 42.5 Å². The van der Waals surface area contributed by atoms with Gasteiger partial charge in [0.1, 0.15) is 0 Å². The zero-order chi connectivity index (χ0) is 15.5. The molecule has 0 unspecified atom stereocenters. The number of rotatable bonds is 5. The summed E-state index contributed by atoms with van der Waals surface area (Å²) in [4.78, 5) is 16.9. The Morgan fingerprint density at radius 1 is 1.23 bits per heavy atom. The normalized spacial score (nSPS) is 11.0. The molecule has 1 heterocycles. The summed E-state index contributed by atoms with van der Waals surface area (Å²) in [5.74, 6) is 0.501. The number of halogens is 1. The highest BCUT2D eigenvalue weighted by Gasteiger charge is 2.13. The molecule has 2 aromatic carbocycles. The highest BCUT2D eigenvalue weighted by atomic mass is 79.9. The smallest absolute Gasteiger partial charge is 0.173 e. The van der Waals surface area contributed by atoms with Crippen LogP contribution in [0.3, 0.4) is 0 Å². The van der Waals surface area contributed by atoms with E-state index >= 15 is 0 Å². The van der Waals surface area contributed by atoms with Gasteiger partial charge in [-0.1, -0.05) is 52.0 Å². The number of aryl methyl sites for hydroxylation is 1. The van der Waals surface area contributed by atoms with Crippen LogP contribution < -0.4 is 0 Å². The van der Waals surface area contributed by atoms with Gasteiger partial charge in [0, 0.05) is 16.6 Å². The second kappa shape index (κ2) is 6.67. The SMILES string of the molecule is CCn1c(SCC(=O)c2cccc(Br)c2)nc2ccccc21. The molecule has 0 N–H and O–H groups in total. The minimum Gasteiger partial charge on any atom is -0.319 e. The summed E-state index contributed by atoms with van der Waals surface area (Å²) in [5, 5.41) is 0.895. The van der Waals surface area contributed by atoms with Crippen molar-refractivity contribution in [3.05, 3.63) is 58.6 Å². The second-order valence-corrected chi connectivity index (χ2v) is 6.71. The molecule has 22 heavy (non-hydrogen) atoms. The Kier molecular flexibility index (Phi) is 4.64. The second-order valence-electron chi connectivity index (χ2n) is 4.85. The first-order valence-electron chi connectivity index (χ1n) is 7.06. The van der Waals surface area contributed by atoms with Crippen molar-refractivity contribution in [3.63, 3.8) is 0 Å². The van der Waals surface area contributed by atoms with Crippen molar-refractivity contribution in [2.75, 3.05) is 5.75 Å². The molecule has 1 aromatic heterocycles. The van der Waals surface area contributed by atoms with Gasteiger partial charge in [-0.2, -0.15) is 0 Å². The summed E-state index contributed by atoms with van der Waals surface area (Å²) >= 11 is 4.89. The Morgan fingerprint density at radius 3 is 2.82 bits per heavy atom. The van der Waals surface area contributed by atoms with Gasteiger partial charge in [-0.3, -0.25) is 4.79 Å². The van der Waals surface area contributed by atoms with E-state index in [4.69, 9.17) is 0 Å². The number of Topliss-reactive ketones (excluding diaryl/α,β-unsaturated/α-hetero) is 1. The molecule has 0 radical (unpaired) electrons. The van der Waals surface area contributed by atoms with Gasteiger partial charge >= 0.3 is 0 Å². The van der Waals surface area contributed by atoms with Crippen LogP contribution in [0.25, 0.3) is 11.0 Å². The first kappa shape index (κ1) is 15.3. The van der Waals surface area contributed by atoms with E-state index in [0.29, 0.717) is 5.75 Å². The number of para-hydroxylation sites is 2. The Labute approximate surface area is 141 Å². The molecule has 0 aliphatic rings. The third kappa shape index (κ3) is 3.10. The van der Waals surface area contributed by atoms with E-state index in [9.17, 15) is 4.79 Å². The molecule has 0 saturated carbocycles. The average Bonchev–Trinajstić information content (AvgIpc) is 2.90. The quantitative estimate of drug-likeness (QED) is 0.475. The van der Waals surface area contributed by atoms with Crippen LogP contribution in [0.4, 0.5) is 0 Å². The van der Waals surface area contributed by atoms with Crippen LogP contribution >= 0.6 is 27.7 Å². The molecule has 0 aliphatic carbocycles. The Hall–Kier alpha value is -1.59. The molecule has 0 spiro atoms. The molecule has 0 saturated heterocycles. The molecule has 0 amide bonds. The van der Waals surface area contributed by atoms with Gasteiger partial charge in [0.25, 0.3) is 0 Å². The first-order chi connectivity index (χ1) is 10.7. The van der Waals surface area contributed by atoms with Gasteiger partial charge in [0.2, 0.25) is 0 Å². The van der Waals surface area contributed by atoms with Crippen LogP contribution in [-0.4, -0.2) is 21.1 Å². The van der Waals surface area contributed by atoms with Gasteiger partial charge in [-0.15, -0.1) is 0 Å². The highest BCUT2D eigenvalue weighted by Crippen LogP contribution is 2.25. The lowest BCUT2D eigenvalue weighted by molar-refractivity contribution is 0.102. The van der Waals surface area contributed by atoms with Crippen molar-refractivity contribution in [3.8, 4) is 0 Å². The summed E-state index contributed by atoms with van der Waals surface area (Å²) in [6.45, 7) is 2.93. The fourth-order valence-corrected chi connectivity index (χ4v) is 3.72. The summed E-state index contributed by atoms with van der Waals surface area (Å²) in [6.07, 6.45) is 0. The van der Waals surface area contributed by atoms with Crippen LogP contribution in [0.5, 0.6) is 0 Å². The van der Waals surface area contributed by atoms with Crippen molar-refractivity contribution in [2.24, 2.45) is 0 Å². The number of thioether (sulfide) groups is 1. The number of hydrogen-bond donors (Lipinski definition) is 0. The molecule has 5 heteroatoms. The monoisotopic (exact) mass is 374 g/mol. The molecule has 3 nitrogen and oxygen atoms in total. The minimum atomic E-state index is 0.112. The zero-order valence-electron chi connectivity index (χ0n) is 12.1. The van der Waals surface area contributed by atoms with Gasteiger partial charge in [0.05, 0.1) is 16.8 Å². The standard InChI is InChI=1S/C17H15BrN2OS/c1-2-20-15-9-4-3-8-14(15)19-17(20)22-11-16(21)12-6-5-7-13(18)10-12/h3-10H,2,11H2,1H3. The summed E-state index contributed by atoms with van der Waals surface area (Å²) < 4.78 is 3.07. The maximum absolute atomic E-state index is 12.3. The third-order valence-electron chi connectivity index (χ3n) is 3.41. The van der Waals surface area contributed by atoms with E-state index < -0.39 is 0 Å². The third-order valence-corrected chi connectivity index (χ3v) is 4.88. The molecule has 0 bridgehead atoms. The lowest BCUT2D eigenvalue weighted by Crippen LogP contribution is -2.04. The molecule has 112 valence electrons. The van der Waals surface area contributed by atoms with E-state index in [-0.39, 0.29) is 5.78 Å². The number of fused-ring (bicyclic) bond motifs is 1. The number of carbonyl (C=O) groups excluding carboxylic acids is 1. The predicted molar refractivity (Wildman–Crippen MR) is 94.6 cm³/mol. The molecule has 0 atom stereocenters. The van der Waals surface area contributed by atoms with Crippen LogP contribution in [0, 0.1) is 0 Å². The van der Waals surface area contributed by atoms with E-state index in [1.165, 1.54) is 11.8 Å². The van der Waals surface area contributed by atoms with E-state index in [0.717, 1.165) is 32.8 Å². The number of nitrogens with zero attached hydrogens (tertiary/aromatic N) is 2. The molecular formula is C17H15BrN2OS. The number of imidazole rings is 1. The highest BCUT2D eigenvalue weighted by molar-refractivity contribution is 9.10. The van der Waals surface area contributed by atoms with Crippen LogP contribution in [0.15, 0.2) is 58.2 Å². The van der Waals surface area contributed by atoms with Gasteiger partial charge in [-0.25, -0.2) is 4.98 Å². The Morgan fingerprint density at radius 2 is 2.05 bits per heavy atom.